The number of allylic oxidation sites excluding steroid dienone is 1. The largest absolute Gasteiger partial charge is 0.508 e. The van der Waals surface area contributed by atoms with Crippen molar-refractivity contribution in [2.24, 2.45) is 17.8 Å². The Balaban J connectivity index is 1.13. The number of aliphatic hydroxyl groups is 2. The third-order valence-electron chi connectivity index (χ3n) is 11.0. The molecule has 4 atom stereocenters. The highest BCUT2D eigenvalue weighted by molar-refractivity contribution is 6.06. The van der Waals surface area contributed by atoms with E-state index in [0.29, 0.717) is 30.6 Å². The van der Waals surface area contributed by atoms with Gasteiger partial charge in [-0.15, -0.1) is 0 Å². The van der Waals surface area contributed by atoms with Gasteiger partial charge in [0, 0.05) is 37.8 Å². The predicted octanol–water partition coefficient (Wildman–Crippen LogP) is 6.12. The number of fused-ring (bicyclic) bond motifs is 1. The molecule has 3 aromatic carbocycles. The molecule has 9 nitrogen and oxygen atoms in total. The molecule has 4 aromatic rings. The number of hydrogen-bond donors (Lipinski definition) is 3. The number of piperidine rings is 1. The minimum Gasteiger partial charge on any atom is -0.508 e. The SMILES string of the molecule is O=C1[C@@H]2[C@@H](CC(COc3ccccc3)=C([C@H](O)CC/C(=C/c3cccc(O)c3)c3ccccn3)[C@@H]2CO)C(=O)N1C1CCN(Cc2ccccc2)CC1. The van der Waals surface area contributed by atoms with Crippen LogP contribution < -0.4 is 4.74 Å². The highest BCUT2D eigenvalue weighted by atomic mass is 16.5. The van der Waals surface area contributed by atoms with Crippen molar-refractivity contribution >= 4 is 23.5 Å². The van der Waals surface area contributed by atoms with E-state index in [1.165, 1.54) is 10.5 Å². The number of para-hydroxylation sites is 1. The summed E-state index contributed by atoms with van der Waals surface area (Å²) in [5, 5.41) is 33.2. The number of benzene rings is 3. The number of nitrogens with zero attached hydrogens (tertiary/aromatic N) is 3. The van der Waals surface area contributed by atoms with Crippen LogP contribution in [0.25, 0.3) is 11.6 Å². The Hall–Kier alpha value is -5.09. The molecule has 0 unspecified atom stereocenters. The maximum absolute atomic E-state index is 14.3. The second-order valence-electron chi connectivity index (χ2n) is 14.4. The number of aromatic hydroxyl groups is 1. The molecule has 0 saturated carbocycles. The summed E-state index contributed by atoms with van der Waals surface area (Å²) in [6.07, 6.45) is 5.03. The van der Waals surface area contributed by atoms with E-state index < -0.39 is 23.9 Å². The Morgan fingerprint density at radius 1 is 0.906 bits per heavy atom. The van der Waals surface area contributed by atoms with Crippen LogP contribution in [0.5, 0.6) is 11.5 Å². The van der Waals surface area contributed by atoms with E-state index in [9.17, 15) is 24.9 Å². The Bertz CT molecular complexity index is 1920. The van der Waals surface area contributed by atoms with Gasteiger partial charge in [0.15, 0.2) is 0 Å². The molecule has 0 radical (unpaired) electrons. The first kappa shape index (κ1) is 36.3. The number of phenolic OH excluding ortho intramolecular Hbond substituents is 1. The quantitative estimate of drug-likeness (QED) is 0.112. The zero-order chi connectivity index (χ0) is 36.7. The number of rotatable bonds is 13. The van der Waals surface area contributed by atoms with E-state index in [2.05, 4.69) is 22.0 Å². The van der Waals surface area contributed by atoms with Gasteiger partial charge in [-0.3, -0.25) is 24.4 Å². The highest BCUT2D eigenvalue weighted by Gasteiger charge is 2.56. The van der Waals surface area contributed by atoms with Gasteiger partial charge >= 0.3 is 0 Å². The van der Waals surface area contributed by atoms with Crippen molar-refractivity contribution < 1.29 is 29.6 Å². The Morgan fingerprint density at radius 2 is 1.64 bits per heavy atom. The lowest BCUT2D eigenvalue weighted by atomic mass is 9.68. The molecule has 3 heterocycles. The number of pyridine rings is 1. The normalized spacial score (nSPS) is 21.9. The summed E-state index contributed by atoms with van der Waals surface area (Å²) in [4.78, 5) is 37.0. The first-order chi connectivity index (χ1) is 25.9. The minimum absolute atomic E-state index is 0.127. The molecular weight excluding hydrogens is 666 g/mol. The molecule has 0 spiro atoms. The minimum atomic E-state index is -1.02. The fourth-order valence-electron chi connectivity index (χ4n) is 8.43. The van der Waals surface area contributed by atoms with E-state index in [1.807, 2.05) is 78.9 Å². The van der Waals surface area contributed by atoms with Gasteiger partial charge in [0.25, 0.3) is 0 Å². The number of ether oxygens (including phenoxy) is 1. The first-order valence-corrected chi connectivity index (χ1v) is 18.6. The van der Waals surface area contributed by atoms with Crippen molar-refractivity contribution in [3.8, 4) is 11.5 Å². The number of likely N-dealkylation sites (tertiary alicyclic amines) is 2. The molecule has 3 N–H and O–H groups in total. The van der Waals surface area contributed by atoms with Gasteiger partial charge in [-0.1, -0.05) is 66.7 Å². The lowest BCUT2D eigenvalue weighted by molar-refractivity contribution is -0.144. The van der Waals surface area contributed by atoms with Crippen LogP contribution in [-0.2, 0) is 16.1 Å². The molecule has 53 heavy (non-hydrogen) atoms. The number of phenols is 1. The van der Waals surface area contributed by atoms with Gasteiger partial charge in [0.05, 0.1) is 30.2 Å². The molecule has 3 aliphatic rings. The van der Waals surface area contributed by atoms with Crippen LogP contribution in [0.4, 0.5) is 0 Å². The van der Waals surface area contributed by atoms with Crippen LogP contribution in [0.2, 0.25) is 0 Å². The van der Waals surface area contributed by atoms with Gasteiger partial charge in [-0.05, 0) is 102 Å². The smallest absolute Gasteiger partial charge is 0.234 e. The van der Waals surface area contributed by atoms with Crippen LogP contribution in [-0.4, -0.2) is 80.4 Å². The predicted molar refractivity (Wildman–Crippen MR) is 203 cm³/mol. The molecule has 9 heteroatoms. The van der Waals surface area contributed by atoms with Crippen molar-refractivity contribution in [3.05, 3.63) is 137 Å². The summed E-state index contributed by atoms with van der Waals surface area (Å²) in [5.41, 5.74) is 4.98. The fourth-order valence-corrected chi connectivity index (χ4v) is 8.43. The van der Waals surface area contributed by atoms with Crippen molar-refractivity contribution in [1.29, 1.82) is 0 Å². The number of amides is 2. The second-order valence-corrected chi connectivity index (χ2v) is 14.4. The molecular formula is C44H47N3O6. The molecule has 0 bridgehead atoms. The third kappa shape index (κ3) is 8.28. The molecule has 2 saturated heterocycles. The number of aliphatic hydroxyl groups excluding tert-OH is 2. The Kier molecular flexibility index (Phi) is 11.4. The zero-order valence-corrected chi connectivity index (χ0v) is 29.8. The highest BCUT2D eigenvalue weighted by Crippen LogP contribution is 2.47. The summed E-state index contributed by atoms with van der Waals surface area (Å²) < 4.78 is 6.21. The van der Waals surface area contributed by atoms with Gasteiger partial charge < -0.3 is 20.1 Å². The maximum Gasteiger partial charge on any atom is 0.234 e. The molecule has 2 amide bonds. The number of hydrogen-bond acceptors (Lipinski definition) is 8. The number of carbonyl (C=O) groups is 2. The monoisotopic (exact) mass is 713 g/mol. The molecule has 274 valence electrons. The average Bonchev–Trinajstić information content (AvgIpc) is 3.44. The summed E-state index contributed by atoms with van der Waals surface area (Å²) >= 11 is 0. The standard InChI is InChI=1S/C44H47N3O6/c48-28-38-41(40(50)18-17-32(39-16-7-8-21-45-39)24-31-12-9-13-35(49)25-31)33(29-53-36-14-5-2-6-15-36)26-37-42(38)44(52)47(43(37)51)34-19-22-46(23-20-34)27-30-10-3-1-4-11-30/h1-16,21,24-25,34,37-38,40,42,48-50H,17-20,22-23,26-29H2/b32-24-/t37-,38+,40-,42-/m1/s1. The van der Waals surface area contributed by atoms with Crippen molar-refractivity contribution in [2.75, 3.05) is 26.3 Å². The molecule has 7 rings (SSSR count). The topological polar surface area (TPSA) is 123 Å². The summed E-state index contributed by atoms with van der Waals surface area (Å²) in [6.45, 7) is 2.14. The van der Waals surface area contributed by atoms with Gasteiger partial charge in [0.1, 0.15) is 18.1 Å². The van der Waals surface area contributed by atoms with Crippen molar-refractivity contribution in [1.82, 2.24) is 14.8 Å². The molecule has 2 aliphatic heterocycles. The summed E-state index contributed by atoms with van der Waals surface area (Å²) in [7, 11) is 0. The van der Waals surface area contributed by atoms with Crippen LogP contribution in [0, 0.1) is 17.8 Å². The Morgan fingerprint density at radius 3 is 2.34 bits per heavy atom. The summed E-state index contributed by atoms with van der Waals surface area (Å²) in [6, 6.07) is 32.1. The van der Waals surface area contributed by atoms with Gasteiger partial charge in [-0.25, -0.2) is 0 Å². The van der Waals surface area contributed by atoms with E-state index in [4.69, 9.17) is 4.74 Å². The molecule has 2 fully saturated rings. The van der Waals surface area contributed by atoms with Crippen LogP contribution >= 0.6 is 0 Å². The van der Waals surface area contributed by atoms with Gasteiger partial charge in [0.2, 0.25) is 11.8 Å². The van der Waals surface area contributed by atoms with Crippen molar-refractivity contribution in [3.63, 3.8) is 0 Å². The third-order valence-corrected chi connectivity index (χ3v) is 11.0. The van der Waals surface area contributed by atoms with Crippen molar-refractivity contribution in [2.45, 2.75) is 50.8 Å². The first-order valence-electron chi connectivity index (χ1n) is 18.6. The van der Waals surface area contributed by atoms with Crippen LogP contribution in [0.15, 0.2) is 120 Å². The lowest BCUT2D eigenvalue weighted by Gasteiger charge is -2.37. The number of carbonyl (C=O) groups excluding carboxylic acids is 2. The Labute approximate surface area is 310 Å². The van der Waals surface area contributed by atoms with Gasteiger partial charge in [-0.2, -0.15) is 0 Å². The zero-order valence-electron chi connectivity index (χ0n) is 29.8. The number of imide groups is 1. The fraction of sp³-hybridized carbons (Fsp3) is 0.341. The number of aromatic nitrogens is 1. The van der Waals surface area contributed by atoms with E-state index in [0.717, 1.165) is 42.0 Å². The average molecular weight is 714 g/mol. The van der Waals surface area contributed by atoms with E-state index in [1.54, 1.807) is 24.4 Å². The van der Waals surface area contributed by atoms with E-state index in [-0.39, 0.29) is 49.7 Å². The van der Waals surface area contributed by atoms with E-state index >= 15 is 0 Å². The second kappa shape index (κ2) is 16.7. The van der Waals surface area contributed by atoms with Crippen LogP contribution in [0.1, 0.15) is 48.9 Å². The van der Waals surface area contributed by atoms with Crippen LogP contribution in [0.3, 0.4) is 0 Å². The molecule has 1 aliphatic carbocycles. The lowest BCUT2D eigenvalue weighted by Crippen LogP contribution is -2.47. The molecule has 1 aromatic heterocycles. The summed E-state index contributed by atoms with van der Waals surface area (Å²) in [5.74, 6) is -1.73. The maximum atomic E-state index is 14.3.